The first kappa shape index (κ1) is 18.7. The molecule has 1 heterocycles. The lowest BCUT2D eigenvalue weighted by molar-refractivity contribution is 0.396. The second-order valence-corrected chi connectivity index (χ2v) is 6.32. The summed E-state index contributed by atoms with van der Waals surface area (Å²) < 4.78 is 5.47. The predicted molar refractivity (Wildman–Crippen MR) is 111 cm³/mol. The SMILES string of the molecule is CCNC(=NCc1nccc2ccccc12)N(C)Cc1ccccc1OC. The van der Waals surface area contributed by atoms with E-state index in [1.807, 2.05) is 49.6 Å². The van der Waals surface area contributed by atoms with E-state index in [1.165, 1.54) is 5.39 Å². The van der Waals surface area contributed by atoms with Crippen LogP contribution in [0.15, 0.2) is 65.8 Å². The molecule has 140 valence electrons. The molecule has 0 unspecified atom stereocenters. The molecular weight excluding hydrogens is 336 g/mol. The topological polar surface area (TPSA) is 49.8 Å². The Kier molecular flexibility index (Phi) is 6.26. The molecule has 0 aliphatic heterocycles. The minimum atomic E-state index is 0.528. The van der Waals surface area contributed by atoms with Crippen molar-refractivity contribution in [1.82, 2.24) is 15.2 Å². The van der Waals surface area contributed by atoms with E-state index in [9.17, 15) is 0 Å². The number of guanidine groups is 1. The van der Waals surface area contributed by atoms with Gasteiger partial charge in [-0.2, -0.15) is 0 Å². The molecular formula is C22H26N4O. The highest BCUT2D eigenvalue weighted by Crippen LogP contribution is 2.19. The molecule has 2 aromatic carbocycles. The Hall–Kier alpha value is -3.08. The predicted octanol–water partition coefficient (Wildman–Crippen LogP) is 3.84. The second kappa shape index (κ2) is 9.03. The van der Waals surface area contributed by atoms with Crippen molar-refractivity contribution in [3.05, 3.63) is 72.1 Å². The van der Waals surface area contributed by atoms with E-state index in [0.717, 1.165) is 34.9 Å². The third-order valence-corrected chi connectivity index (χ3v) is 4.43. The van der Waals surface area contributed by atoms with E-state index in [4.69, 9.17) is 9.73 Å². The Labute approximate surface area is 160 Å². The molecule has 0 amide bonds. The molecule has 0 atom stereocenters. The summed E-state index contributed by atoms with van der Waals surface area (Å²) in [6, 6.07) is 18.4. The summed E-state index contributed by atoms with van der Waals surface area (Å²) in [6.45, 7) is 4.11. The second-order valence-electron chi connectivity index (χ2n) is 6.32. The van der Waals surface area contributed by atoms with Gasteiger partial charge in [0.15, 0.2) is 5.96 Å². The van der Waals surface area contributed by atoms with E-state index >= 15 is 0 Å². The molecule has 0 fully saturated rings. The highest BCUT2D eigenvalue weighted by atomic mass is 16.5. The van der Waals surface area contributed by atoms with E-state index in [1.54, 1.807) is 7.11 Å². The van der Waals surface area contributed by atoms with Gasteiger partial charge >= 0.3 is 0 Å². The maximum Gasteiger partial charge on any atom is 0.194 e. The normalized spacial score (nSPS) is 11.4. The van der Waals surface area contributed by atoms with Crippen LogP contribution in [-0.2, 0) is 13.1 Å². The fraction of sp³-hybridized carbons (Fsp3) is 0.273. The first-order valence-corrected chi connectivity index (χ1v) is 9.17. The number of pyridine rings is 1. The molecule has 27 heavy (non-hydrogen) atoms. The summed E-state index contributed by atoms with van der Waals surface area (Å²) in [5.74, 6) is 1.73. The maximum atomic E-state index is 5.47. The van der Waals surface area contributed by atoms with Gasteiger partial charge in [-0.05, 0) is 24.4 Å². The molecule has 0 aliphatic carbocycles. The van der Waals surface area contributed by atoms with Crippen LogP contribution in [0.4, 0.5) is 0 Å². The average molecular weight is 362 g/mol. The Morgan fingerprint density at radius 3 is 2.70 bits per heavy atom. The largest absolute Gasteiger partial charge is 0.496 e. The molecule has 0 spiro atoms. The summed E-state index contributed by atoms with van der Waals surface area (Å²) in [4.78, 5) is 11.5. The van der Waals surface area contributed by atoms with Gasteiger partial charge in [0.25, 0.3) is 0 Å². The van der Waals surface area contributed by atoms with Gasteiger partial charge in [0.1, 0.15) is 5.75 Å². The number of aliphatic imine (C=N–C) groups is 1. The van der Waals surface area contributed by atoms with Gasteiger partial charge in [0.05, 0.1) is 19.3 Å². The molecule has 5 nitrogen and oxygen atoms in total. The number of aromatic nitrogens is 1. The van der Waals surface area contributed by atoms with Crippen LogP contribution < -0.4 is 10.1 Å². The Morgan fingerprint density at radius 2 is 1.89 bits per heavy atom. The molecule has 3 rings (SSSR count). The van der Waals surface area contributed by atoms with Gasteiger partial charge in [0.2, 0.25) is 0 Å². The van der Waals surface area contributed by atoms with Crippen LogP contribution in [-0.4, -0.2) is 36.5 Å². The zero-order chi connectivity index (χ0) is 19.1. The molecule has 0 saturated heterocycles. The van der Waals surface area contributed by atoms with Crippen molar-refractivity contribution < 1.29 is 4.74 Å². The number of rotatable bonds is 6. The van der Waals surface area contributed by atoms with Gasteiger partial charge < -0.3 is 15.0 Å². The van der Waals surface area contributed by atoms with Gasteiger partial charge in [-0.1, -0.05) is 42.5 Å². The zero-order valence-electron chi connectivity index (χ0n) is 16.1. The number of nitrogens with zero attached hydrogens (tertiary/aromatic N) is 3. The number of para-hydroxylation sites is 1. The van der Waals surface area contributed by atoms with Crippen LogP contribution in [0.3, 0.4) is 0 Å². The Bertz CT molecular complexity index is 918. The minimum Gasteiger partial charge on any atom is -0.496 e. The summed E-state index contributed by atoms with van der Waals surface area (Å²) >= 11 is 0. The lowest BCUT2D eigenvalue weighted by Gasteiger charge is -2.23. The van der Waals surface area contributed by atoms with Crippen LogP contribution in [0.1, 0.15) is 18.2 Å². The summed E-state index contributed by atoms with van der Waals surface area (Å²) in [5.41, 5.74) is 2.10. The molecule has 0 bridgehead atoms. The minimum absolute atomic E-state index is 0.528. The van der Waals surface area contributed by atoms with Crippen molar-refractivity contribution in [3.63, 3.8) is 0 Å². The smallest absolute Gasteiger partial charge is 0.194 e. The molecule has 1 aromatic heterocycles. The third-order valence-electron chi connectivity index (χ3n) is 4.43. The van der Waals surface area contributed by atoms with Crippen LogP contribution in [0.5, 0.6) is 5.75 Å². The molecule has 5 heteroatoms. The highest BCUT2D eigenvalue weighted by Gasteiger charge is 2.10. The van der Waals surface area contributed by atoms with Crippen molar-refractivity contribution in [1.29, 1.82) is 0 Å². The number of hydrogen-bond acceptors (Lipinski definition) is 3. The number of ether oxygens (including phenoxy) is 1. The number of fused-ring (bicyclic) bond motifs is 1. The fourth-order valence-corrected chi connectivity index (χ4v) is 3.09. The quantitative estimate of drug-likeness (QED) is 0.535. The molecule has 1 N–H and O–H groups in total. The number of benzene rings is 2. The zero-order valence-corrected chi connectivity index (χ0v) is 16.1. The van der Waals surface area contributed by atoms with Gasteiger partial charge in [-0.15, -0.1) is 0 Å². The molecule has 0 aliphatic rings. The first-order valence-electron chi connectivity index (χ1n) is 9.17. The highest BCUT2D eigenvalue weighted by molar-refractivity contribution is 5.85. The van der Waals surface area contributed by atoms with E-state index in [-0.39, 0.29) is 0 Å². The summed E-state index contributed by atoms with van der Waals surface area (Å²) in [6.07, 6.45) is 1.85. The van der Waals surface area contributed by atoms with Crippen molar-refractivity contribution in [2.24, 2.45) is 4.99 Å². The summed E-state index contributed by atoms with van der Waals surface area (Å²) in [5, 5.41) is 5.70. The van der Waals surface area contributed by atoms with Crippen molar-refractivity contribution >= 4 is 16.7 Å². The molecule has 3 aromatic rings. The van der Waals surface area contributed by atoms with Gasteiger partial charge in [-0.25, -0.2) is 4.99 Å². The molecule has 0 saturated carbocycles. The fourth-order valence-electron chi connectivity index (χ4n) is 3.09. The van der Waals surface area contributed by atoms with Crippen molar-refractivity contribution in [2.45, 2.75) is 20.0 Å². The molecule has 0 radical (unpaired) electrons. The number of nitrogens with one attached hydrogen (secondary N) is 1. The van der Waals surface area contributed by atoms with Crippen LogP contribution in [0, 0.1) is 0 Å². The summed E-state index contributed by atoms with van der Waals surface area (Å²) in [7, 11) is 3.73. The standard InChI is InChI=1S/C22H26N4O/c1-4-23-22(26(2)16-18-10-6-8-12-21(18)27-3)25-15-20-19-11-7-5-9-17(19)13-14-24-20/h5-14H,4,15-16H2,1-3H3,(H,23,25). The van der Waals surface area contributed by atoms with E-state index in [2.05, 4.69) is 40.3 Å². The number of methoxy groups -OCH3 is 1. The first-order chi connectivity index (χ1) is 13.2. The lowest BCUT2D eigenvalue weighted by atomic mass is 10.1. The van der Waals surface area contributed by atoms with Crippen molar-refractivity contribution in [3.8, 4) is 5.75 Å². The van der Waals surface area contributed by atoms with E-state index in [0.29, 0.717) is 13.1 Å². The number of hydrogen-bond donors (Lipinski definition) is 1. The third kappa shape index (κ3) is 4.56. The maximum absolute atomic E-state index is 5.47. The van der Waals surface area contributed by atoms with Crippen LogP contribution in [0.25, 0.3) is 10.8 Å². The lowest BCUT2D eigenvalue weighted by Crippen LogP contribution is -2.38. The van der Waals surface area contributed by atoms with Crippen LogP contribution in [0.2, 0.25) is 0 Å². The van der Waals surface area contributed by atoms with Gasteiger partial charge in [-0.3, -0.25) is 4.98 Å². The van der Waals surface area contributed by atoms with Crippen LogP contribution >= 0.6 is 0 Å². The van der Waals surface area contributed by atoms with Gasteiger partial charge in [0, 0.05) is 37.3 Å². The monoisotopic (exact) mass is 362 g/mol. The van der Waals surface area contributed by atoms with E-state index < -0.39 is 0 Å². The van der Waals surface area contributed by atoms with Crippen molar-refractivity contribution in [2.75, 3.05) is 20.7 Å². The Balaban J connectivity index is 1.81. The Morgan fingerprint density at radius 1 is 1.11 bits per heavy atom. The average Bonchev–Trinajstić information content (AvgIpc) is 2.71.